The van der Waals surface area contributed by atoms with Crippen LogP contribution in [0, 0.1) is 0 Å². The number of nitrogens with two attached hydrogens (primary N) is 1. The molecule has 0 bridgehead atoms. The summed E-state index contributed by atoms with van der Waals surface area (Å²) in [6.45, 7) is 2.43. The van der Waals surface area contributed by atoms with E-state index in [0.29, 0.717) is 24.4 Å². The molecule has 1 aromatic rings. The molecule has 0 radical (unpaired) electrons. The molecule has 0 aliphatic carbocycles. The predicted octanol–water partition coefficient (Wildman–Crippen LogP) is 0.993. The van der Waals surface area contributed by atoms with Gasteiger partial charge in [0.15, 0.2) is 12.0 Å². The molecular formula is C10H13N3O2. The van der Waals surface area contributed by atoms with E-state index < -0.39 is 0 Å². The van der Waals surface area contributed by atoms with E-state index in [-0.39, 0.29) is 5.71 Å². The van der Waals surface area contributed by atoms with Gasteiger partial charge in [-0.1, -0.05) is 18.1 Å². The van der Waals surface area contributed by atoms with Crippen molar-refractivity contribution in [2.24, 2.45) is 5.16 Å². The molecule has 0 aliphatic heterocycles. The first-order valence-corrected chi connectivity index (χ1v) is 4.66. The lowest BCUT2D eigenvalue weighted by Gasteiger charge is -2.00. The van der Waals surface area contributed by atoms with Crippen LogP contribution in [-0.4, -0.2) is 23.6 Å². The first-order valence-electron chi connectivity index (χ1n) is 4.66. The van der Waals surface area contributed by atoms with Crippen molar-refractivity contribution in [1.82, 2.24) is 4.98 Å². The largest absolute Gasteiger partial charge is 0.395 e. The van der Waals surface area contributed by atoms with Crippen molar-refractivity contribution in [3.63, 3.8) is 0 Å². The molecule has 1 aromatic heterocycles. The van der Waals surface area contributed by atoms with Crippen molar-refractivity contribution >= 4 is 17.8 Å². The van der Waals surface area contributed by atoms with Crippen molar-refractivity contribution in [1.29, 1.82) is 0 Å². The number of aldehydes is 1. The van der Waals surface area contributed by atoms with Crippen molar-refractivity contribution in [2.75, 3.05) is 12.3 Å². The molecule has 5 nitrogen and oxygen atoms in total. The second-order valence-electron chi connectivity index (χ2n) is 2.88. The zero-order valence-electron chi connectivity index (χ0n) is 8.51. The summed E-state index contributed by atoms with van der Waals surface area (Å²) >= 11 is 0. The van der Waals surface area contributed by atoms with Gasteiger partial charge in [-0.05, 0) is 18.6 Å². The summed E-state index contributed by atoms with van der Waals surface area (Å²) in [6, 6.07) is 4.99. The zero-order valence-corrected chi connectivity index (χ0v) is 8.51. The number of aromatic nitrogens is 1. The second kappa shape index (κ2) is 5.74. The van der Waals surface area contributed by atoms with E-state index in [1.165, 1.54) is 0 Å². The highest BCUT2D eigenvalue weighted by atomic mass is 16.6. The van der Waals surface area contributed by atoms with Gasteiger partial charge >= 0.3 is 0 Å². The Morgan fingerprint density at radius 3 is 3.07 bits per heavy atom. The van der Waals surface area contributed by atoms with Gasteiger partial charge in [-0.25, -0.2) is 4.98 Å². The minimum absolute atomic E-state index is 0.149. The van der Waals surface area contributed by atoms with Gasteiger partial charge in [-0.2, -0.15) is 0 Å². The van der Waals surface area contributed by atoms with E-state index in [0.717, 1.165) is 6.42 Å². The summed E-state index contributed by atoms with van der Waals surface area (Å²) in [7, 11) is 0. The fraction of sp³-hybridized carbons (Fsp3) is 0.300. The highest BCUT2D eigenvalue weighted by molar-refractivity contribution is 6.35. The standard InChI is InChI=1S/C10H13N3O2/c1-2-6-15-13-9(7-14)8-4-3-5-10(11)12-8/h3-5,7H,2,6H2,1H3,(H2,11,12)/b13-9-. The molecule has 0 amide bonds. The van der Waals surface area contributed by atoms with Gasteiger partial charge in [-0.3, -0.25) is 4.79 Å². The van der Waals surface area contributed by atoms with Crippen LogP contribution < -0.4 is 5.73 Å². The molecule has 0 saturated heterocycles. The first-order chi connectivity index (χ1) is 7.27. The highest BCUT2D eigenvalue weighted by Gasteiger charge is 2.04. The average molecular weight is 207 g/mol. The molecule has 2 N–H and O–H groups in total. The third kappa shape index (κ3) is 3.38. The number of rotatable bonds is 5. The SMILES string of the molecule is CCCO/N=C(/C=O)c1cccc(N)n1. The number of carbonyl (C=O) groups excluding carboxylic acids is 1. The number of carbonyl (C=O) groups is 1. The molecule has 1 heterocycles. The van der Waals surface area contributed by atoms with Crippen molar-refractivity contribution < 1.29 is 9.63 Å². The lowest BCUT2D eigenvalue weighted by molar-refractivity contribution is -0.102. The van der Waals surface area contributed by atoms with Gasteiger partial charge in [0.25, 0.3) is 0 Å². The Morgan fingerprint density at radius 2 is 2.47 bits per heavy atom. The summed E-state index contributed by atoms with van der Waals surface area (Å²) in [5.74, 6) is 0.345. The van der Waals surface area contributed by atoms with E-state index in [1.807, 2.05) is 6.92 Å². The Labute approximate surface area is 87.9 Å². The summed E-state index contributed by atoms with van der Waals surface area (Å²) < 4.78 is 0. The maximum absolute atomic E-state index is 10.7. The molecule has 1 rings (SSSR count). The zero-order chi connectivity index (χ0) is 11.1. The minimum Gasteiger partial charge on any atom is -0.395 e. The Morgan fingerprint density at radius 1 is 1.67 bits per heavy atom. The van der Waals surface area contributed by atoms with Crippen LogP contribution >= 0.6 is 0 Å². The van der Waals surface area contributed by atoms with E-state index in [2.05, 4.69) is 10.1 Å². The summed E-state index contributed by atoms with van der Waals surface area (Å²) in [5, 5.41) is 3.67. The first kappa shape index (κ1) is 11.2. The normalized spacial score (nSPS) is 11.1. The van der Waals surface area contributed by atoms with Gasteiger partial charge in [0, 0.05) is 0 Å². The lowest BCUT2D eigenvalue weighted by Crippen LogP contribution is -2.07. The quantitative estimate of drug-likeness (QED) is 0.338. The fourth-order valence-electron chi connectivity index (χ4n) is 0.929. The fourth-order valence-corrected chi connectivity index (χ4v) is 0.929. The number of oxime groups is 1. The molecule has 15 heavy (non-hydrogen) atoms. The Hall–Kier alpha value is -1.91. The Bertz CT molecular complexity index is 363. The maximum atomic E-state index is 10.7. The van der Waals surface area contributed by atoms with Crippen LogP contribution in [0.2, 0.25) is 0 Å². The van der Waals surface area contributed by atoms with Crippen LogP contribution in [-0.2, 0) is 9.63 Å². The molecular weight excluding hydrogens is 194 g/mol. The van der Waals surface area contributed by atoms with E-state index in [4.69, 9.17) is 10.6 Å². The average Bonchev–Trinajstić information content (AvgIpc) is 2.24. The van der Waals surface area contributed by atoms with Gasteiger partial charge < -0.3 is 10.6 Å². The molecule has 0 saturated carbocycles. The van der Waals surface area contributed by atoms with Crippen LogP contribution in [0.1, 0.15) is 19.0 Å². The smallest absolute Gasteiger partial charge is 0.174 e. The van der Waals surface area contributed by atoms with Crippen LogP contribution in [0.4, 0.5) is 5.82 Å². The van der Waals surface area contributed by atoms with Gasteiger partial charge in [0.05, 0.1) is 5.69 Å². The molecule has 0 fully saturated rings. The van der Waals surface area contributed by atoms with Crippen LogP contribution in [0.3, 0.4) is 0 Å². The summed E-state index contributed by atoms with van der Waals surface area (Å²) in [6.07, 6.45) is 1.43. The van der Waals surface area contributed by atoms with Crippen molar-refractivity contribution in [2.45, 2.75) is 13.3 Å². The van der Waals surface area contributed by atoms with Crippen molar-refractivity contribution in [3.8, 4) is 0 Å². The third-order valence-electron chi connectivity index (χ3n) is 1.60. The number of hydrogen-bond acceptors (Lipinski definition) is 5. The monoisotopic (exact) mass is 207 g/mol. The third-order valence-corrected chi connectivity index (χ3v) is 1.60. The number of nitrogen functional groups attached to an aromatic ring is 1. The van der Waals surface area contributed by atoms with E-state index >= 15 is 0 Å². The number of nitrogens with zero attached hydrogens (tertiary/aromatic N) is 2. The van der Waals surface area contributed by atoms with Crippen LogP contribution in [0.15, 0.2) is 23.4 Å². The van der Waals surface area contributed by atoms with Gasteiger partial charge in [0.1, 0.15) is 12.4 Å². The van der Waals surface area contributed by atoms with Gasteiger partial charge in [-0.15, -0.1) is 0 Å². The van der Waals surface area contributed by atoms with Crippen molar-refractivity contribution in [3.05, 3.63) is 23.9 Å². The Balaban J connectivity index is 2.82. The van der Waals surface area contributed by atoms with Crippen LogP contribution in [0.5, 0.6) is 0 Å². The molecule has 0 aromatic carbocycles. The molecule has 0 unspecified atom stereocenters. The molecule has 0 spiro atoms. The molecule has 0 atom stereocenters. The number of hydrogen-bond donors (Lipinski definition) is 1. The molecule has 0 aliphatic rings. The minimum atomic E-state index is 0.149. The highest BCUT2D eigenvalue weighted by Crippen LogP contribution is 2.01. The molecule has 5 heteroatoms. The molecule has 80 valence electrons. The summed E-state index contributed by atoms with van der Waals surface area (Å²) in [5.41, 5.74) is 6.05. The lowest BCUT2D eigenvalue weighted by atomic mass is 10.2. The van der Waals surface area contributed by atoms with E-state index in [1.54, 1.807) is 18.2 Å². The topological polar surface area (TPSA) is 77.6 Å². The Kier molecular flexibility index (Phi) is 4.28. The van der Waals surface area contributed by atoms with Crippen LogP contribution in [0.25, 0.3) is 0 Å². The number of anilines is 1. The van der Waals surface area contributed by atoms with Gasteiger partial charge in [0.2, 0.25) is 0 Å². The second-order valence-corrected chi connectivity index (χ2v) is 2.88. The summed E-state index contributed by atoms with van der Waals surface area (Å²) in [4.78, 5) is 19.6. The number of pyridine rings is 1. The predicted molar refractivity (Wildman–Crippen MR) is 57.5 cm³/mol. The van der Waals surface area contributed by atoms with E-state index in [9.17, 15) is 4.79 Å². The maximum Gasteiger partial charge on any atom is 0.174 e.